The maximum absolute atomic E-state index is 12.6. The maximum atomic E-state index is 12.6. The molecule has 0 fully saturated rings. The summed E-state index contributed by atoms with van der Waals surface area (Å²) < 4.78 is 17.0. The topological polar surface area (TPSA) is 99.1 Å². The first kappa shape index (κ1) is 48.2. The van der Waals surface area contributed by atoms with Crippen molar-refractivity contribution in [3.05, 3.63) is 97.2 Å². The molecule has 0 aromatic carbocycles. The van der Waals surface area contributed by atoms with Gasteiger partial charge in [0.25, 0.3) is 0 Å². The molecule has 0 aromatic heterocycles. The van der Waals surface area contributed by atoms with E-state index in [0.717, 1.165) is 64.2 Å². The fourth-order valence-corrected chi connectivity index (χ4v) is 4.80. The van der Waals surface area contributed by atoms with Crippen LogP contribution in [-0.4, -0.2) is 80.6 Å². The highest BCUT2D eigenvalue weighted by atomic mass is 16.6. The highest BCUT2D eigenvalue weighted by Gasteiger charge is 2.31. The number of carbonyl (C=O) groups is 3. The van der Waals surface area contributed by atoms with Gasteiger partial charge in [-0.2, -0.15) is 0 Å². The summed E-state index contributed by atoms with van der Waals surface area (Å²) in [6.07, 6.45) is 45.0. The van der Waals surface area contributed by atoms with Crippen molar-refractivity contribution in [3.63, 3.8) is 0 Å². The van der Waals surface area contributed by atoms with Crippen molar-refractivity contribution >= 4 is 17.9 Å². The first-order valence-corrected chi connectivity index (χ1v) is 19.3. The molecule has 0 aliphatic carbocycles. The van der Waals surface area contributed by atoms with Crippen LogP contribution in [0.3, 0.4) is 0 Å². The average Bonchev–Trinajstić information content (AvgIpc) is 3.09. The fraction of sp³-hybridized carbons (Fsp3) is 0.568. The van der Waals surface area contributed by atoms with E-state index < -0.39 is 18.1 Å². The molecule has 8 heteroatoms. The lowest BCUT2D eigenvalue weighted by Crippen LogP contribution is -2.50. The first-order chi connectivity index (χ1) is 25.1. The molecule has 0 aromatic rings. The first-order valence-electron chi connectivity index (χ1n) is 19.3. The number of carbonyl (C=O) groups excluding carboxylic acids is 2. The largest absolute Gasteiger partial charge is 0.477 e. The van der Waals surface area contributed by atoms with Crippen LogP contribution >= 0.6 is 0 Å². The molecule has 0 saturated carbocycles. The number of carboxylic acids is 1. The second kappa shape index (κ2) is 34.3. The summed E-state index contributed by atoms with van der Waals surface area (Å²) in [7, 11) is 5.46. The molecular formula is C44H70NO7+. The minimum atomic E-state index is -0.896. The number of quaternary nitrogens is 1. The molecule has 2 atom stereocenters. The summed E-state index contributed by atoms with van der Waals surface area (Å²) >= 11 is 0. The van der Waals surface area contributed by atoms with Gasteiger partial charge in [-0.05, 0) is 77.0 Å². The number of allylic oxidation sites excluding steroid dienone is 16. The summed E-state index contributed by atoms with van der Waals surface area (Å²) in [5.41, 5.74) is 0. The molecule has 2 unspecified atom stereocenters. The van der Waals surface area contributed by atoms with Crippen molar-refractivity contribution in [1.82, 2.24) is 0 Å². The third-order valence-corrected chi connectivity index (χ3v) is 7.74. The highest BCUT2D eigenvalue weighted by Crippen LogP contribution is 2.10. The molecule has 292 valence electrons. The van der Waals surface area contributed by atoms with E-state index in [0.29, 0.717) is 19.3 Å². The van der Waals surface area contributed by atoms with Gasteiger partial charge < -0.3 is 23.8 Å². The lowest BCUT2D eigenvalue weighted by atomic mass is 10.1. The Morgan fingerprint density at radius 1 is 0.577 bits per heavy atom. The van der Waals surface area contributed by atoms with Gasteiger partial charge in [0.15, 0.2) is 12.1 Å². The SMILES string of the molecule is CC/C=C/C/C=C/C/C=C/C/C=C/C/C=C/C/C=C/CCCCC(=O)OC(COCCC(C(=O)O)[N+](C)(C)C)COC(=O)CC/C=C/C/C=C/CC. The van der Waals surface area contributed by atoms with Gasteiger partial charge in [0.05, 0.1) is 34.4 Å². The van der Waals surface area contributed by atoms with Crippen LogP contribution in [0.4, 0.5) is 0 Å². The van der Waals surface area contributed by atoms with Gasteiger partial charge in [-0.25, -0.2) is 4.79 Å². The predicted molar refractivity (Wildman–Crippen MR) is 215 cm³/mol. The van der Waals surface area contributed by atoms with Crippen LogP contribution < -0.4 is 0 Å². The Labute approximate surface area is 316 Å². The Morgan fingerprint density at radius 2 is 1.04 bits per heavy atom. The van der Waals surface area contributed by atoms with Crippen molar-refractivity contribution in [1.29, 1.82) is 0 Å². The van der Waals surface area contributed by atoms with Crippen LogP contribution in [0, 0.1) is 0 Å². The van der Waals surface area contributed by atoms with Gasteiger partial charge in [-0.3, -0.25) is 9.59 Å². The number of aliphatic carboxylic acids is 1. The van der Waals surface area contributed by atoms with Gasteiger partial charge in [0.1, 0.15) is 6.61 Å². The molecule has 0 amide bonds. The molecule has 0 aliphatic rings. The second-order valence-corrected chi connectivity index (χ2v) is 13.4. The fourth-order valence-electron chi connectivity index (χ4n) is 4.80. The van der Waals surface area contributed by atoms with Crippen molar-refractivity contribution in [3.8, 4) is 0 Å². The summed E-state index contributed by atoms with van der Waals surface area (Å²) in [5, 5.41) is 9.57. The van der Waals surface area contributed by atoms with Gasteiger partial charge in [-0.15, -0.1) is 0 Å². The van der Waals surface area contributed by atoms with Crippen LogP contribution in [0.1, 0.15) is 110 Å². The molecule has 0 saturated heterocycles. The van der Waals surface area contributed by atoms with E-state index in [-0.39, 0.29) is 49.1 Å². The van der Waals surface area contributed by atoms with Crippen LogP contribution in [0.5, 0.6) is 0 Å². The Kier molecular flexibility index (Phi) is 31.9. The number of nitrogens with zero attached hydrogens (tertiary/aromatic N) is 1. The minimum absolute atomic E-state index is 0.0186. The Hall–Kier alpha value is -3.75. The quantitative estimate of drug-likeness (QED) is 0.0319. The van der Waals surface area contributed by atoms with Crippen molar-refractivity contribution in [2.45, 2.75) is 122 Å². The molecule has 52 heavy (non-hydrogen) atoms. The van der Waals surface area contributed by atoms with Gasteiger partial charge >= 0.3 is 17.9 Å². The van der Waals surface area contributed by atoms with Crippen LogP contribution in [-0.2, 0) is 28.6 Å². The molecule has 0 rings (SSSR count). The average molecular weight is 725 g/mol. The van der Waals surface area contributed by atoms with E-state index in [2.05, 4.69) is 98.9 Å². The molecule has 1 N–H and O–H groups in total. The molecule has 8 nitrogen and oxygen atoms in total. The smallest absolute Gasteiger partial charge is 0.362 e. The zero-order valence-corrected chi connectivity index (χ0v) is 33.0. The van der Waals surface area contributed by atoms with Crippen LogP contribution in [0.2, 0.25) is 0 Å². The second-order valence-electron chi connectivity index (χ2n) is 13.4. The monoisotopic (exact) mass is 725 g/mol. The predicted octanol–water partition coefficient (Wildman–Crippen LogP) is 9.96. The van der Waals surface area contributed by atoms with E-state index in [1.807, 2.05) is 33.3 Å². The molecule has 0 radical (unpaired) electrons. The zero-order chi connectivity index (χ0) is 38.5. The maximum Gasteiger partial charge on any atom is 0.362 e. The number of carboxylic acid groups (broad SMARTS) is 1. The van der Waals surface area contributed by atoms with Crippen LogP contribution in [0.15, 0.2) is 97.2 Å². The van der Waals surface area contributed by atoms with E-state index in [1.54, 1.807) is 0 Å². The number of esters is 2. The number of hydrogen-bond donors (Lipinski definition) is 1. The Morgan fingerprint density at radius 3 is 1.50 bits per heavy atom. The molecule has 0 heterocycles. The highest BCUT2D eigenvalue weighted by molar-refractivity contribution is 5.72. The van der Waals surface area contributed by atoms with Crippen molar-refractivity contribution in [2.75, 3.05) is 41.0 Å². The molecule has 0 aliphatic heterocycles. The minimum Gasteiger partial charge on any atom is -0.477 e. The summed E-state index contributed by atoms with van der Waals surface area (Å²) in [4.78, 5) is 36.6. The van der Waals surface area contributed by atoms with Gasteiger partial charge in [0, 0.05) is 19.3 Å². The summed E-state index contributed by atoms with van der Waals surface area (Å²) in [6.45, 7) is 4.32. The van der Waals surface area contributed by atoms with Gasteiger partial charge in [0.2, 0.25) is 0 Å². The van der Waals surface area contributed by atoms with Gasteiger partial charge in [-0.1, -0.05) is 111 Å². The Balaban J connectivity index is 4.47. The standard InChI is InChI=1S/C44H69NO7/c1-6-8-10-12-14-15-16-17-18-19-20-21-22-23-24-25-26-27-29-31-33-35-43(47)52-40(38-50-37-36-41(44(48)49)45(3,4)5)39-51-42(46)34-32-30-28-13-11-9-7-2/h8-11,14-15,17-18,20-21,23-24,26-28,30,40-41H,6-7,12-13,16,19,22,25,29,31-39H2,1-5H3/p+1/b10-8+,11-9+,15-14+,18-17+,21-20+,24-23+,27-26+,30-28+. The summed E-state index contributed by atoms with van der Waals surface area (Å²) in [5.74, 6) is -1.64. The molecule has 0 bridgehead atoms. The zero-order valence-electron chi connectivity index (χ0n) is 33.0. The number of unbranched alkanes of at least 4 members (excludes halogenated alkanes) is 2. The van der Waals surface area contributed by atoms with E-state index in [1.165, 1.54) is 0 Å². The molecule has 0 spiro atoms. The Bertz CT molecular complexity index is 1170. The number of hydrogen-bond acceptors (Lipinski definition) is 6. The van der Waals surface area contributed by atoms with Crippen molar-refractivity contribution in [2.24, 2.45) is 0 Å². The lowest BCUT2D eigenvalue weighted by molar-refractivity contribution is -0.887. The summed E-state index contributed by atoms with van der Waals surface area (Å²) in [6, 6.07) is -0.634. The lowest BCUT2D eigenvalue weighted by Gasteiger charge is -2.31. The third-order valence-electron chi connectivity index (χ3n) is 7.74. The normalized spacial score (nSPS) is 14.1. The van der Waals surface area contributed by atoms with Crippen LogP contribution in [0.25, 0.3) is 0 Å². The third kappa shape index (κ3) is 32.2. The van der Waals surface area contributed by atoms with E-state index in [9.17, 15) is 19.5 Å². The number of rotatable bonds is 32. The number of ether oxygens (including phenoxy) is 3. The van der Waals surface area contributed by atoms with E-state index >= 15 is 0 Å². The number of likely N-dealkylation sites (N-methyl/N-ethyl adjacent to an activating group) is 1. The van der Waals surface area contributed by atoms with Crippen molar-refractivity contribution < 1.29 is 38.2 Å². The molecular weight excluding hydrogens is 654 g/mol. The van der Waals surface area contributed by atoms with E-state index in [4.69, 9.17) is 14.2 Å².